The molecular formula is C15H24N2O2. The third-order valence-electron chi connectivity index (χ3n) is 3.10. The molecule has 1 amide bonds. The molecule has 0 fully saturated rings. The number of hydrogen-bond donors (Lipinski definition) is 2. The summed E-state index contributed by atoms with van der Waals surface area (Å²) in [5, 5.41) is 3.28. The van der Waals surface area contributed by atoms with Crippen molar-refractivity contribution in [1.29, 1.82) is 0 Å². The molecule has 4 nitrogen and oxygen atoms in total. The highest BCUT2D eigenvalue weighted by molar-refractivity contribution is 5.64. The Hall–Kier alpha value is -1.55. The summed E-state index contributed by atoms with van der Waals surface area (Å²) >= 11 is 0. The molecule has 1 aromatic rings. The molecule has 1 rings (SSSR count). The van der Waals surface area contributed by atoms with Crippen molar-refractivity contribution in [2.45, 2.75) is 39.2 Å². The largest absolute Gasteiger partial charge is 0.448 e. The van der Waals surface area contributed by atoms with Gasteiger partial charge in [0.2, 0.25) is 0 Å². The molecule has 1 unspecified atom stereocenters. The second-order valence-electron chi connectivity index (χ2n) is 4.69. The Kier molecular flexibility index (Phi) is 6.97. The standard InChI is InChI=1S/C15H24N2O2/c1-3-4-5-13-6-8-14(9-7-13)12(2)17-10-11-19-15(16)18/h6-9,12,17H,3-5,10-11H2,1-2H3,(H2,16,18). The molecule has 0 heterocycles. The monoisotopic (exact) mass is 264 g/mol. The molecule has 0 saturated heterocycles. The van der Waals surface area contributed by atoms with Gasteiger partial charge in [-0.3, -0.25) is 0 Å². The van der Waals surface area contributed by atoms with Crippen molar-refractivity contribution in [2.24, 2.45) is 5.73 Å². The van der Waals surface area contributed by atoms with Crippen molar-refractivity contribution < 1.29 is 9.53 Å². The van der Waals surface area contributed by atoms with Gasteiger partial charge in [-0.1, -0.05) is 37.6 Å². The lowest BCUT2D eigenvalue weighted by molar-refractivity contribution is 0.156. The number of carbonyl (C=O) groups excluding carboxylic acids is 1. The first-order valence-corrected chi connectivity index (χ1v) is 6.88. The van der Waals surface area contributed by atoms with E-state index in [0.29, 0.717) is 13.2 Å². The van der Waals surface area contributed by atoms with Crippen molar-refractivity contribution in [2.75, 3.05) is 13.2 Å². The summed E-state index contributed by atoms with van der Waals surface area (Å²) in [6.45, 7) is 5.19. The molecule has 0 saturated carbocycles. The van der Waals surface area contributed by atoms with Crippen LogP contribution in [0.1, 0.15) is 43.9 Å². The number of carbonyl (C=O) groups is 1. The van der Waals surface area contributed by atoms with Crippen LogP contribution in [0.4, 0.5) is 4.79 Å². The molecule has 0 aliphatic heterocycles. The summed E-state index contributed by atoms with van der Waals surface area (Å²) in [6.07, 6.45) is 2.87. The minimum atomic E-state index is -0.727. The van der Waals surface area contributed by atoms with Gasteiger partial charge >= 0.3 is 6.09 Å². The SMILES string of the molecule is CCCCc1ccc(C(C)NCCOC(N)=O)cc1. The maximum absolute atomic E-state index is 10.4. The summed E-state index contributed by atoms with van der Waals surface area (Å²) in [5.74, 6) is 0. The molecule has 0 aliphatic carbocycles. The first-order valence-electron chi connectivity index (χ1n) is 6.88. The van der Waals surface area contributed by atoms with Gasteiger partial charge in [-0.2, -0.15) is 0 Å². The number of nitrogens with one attached hydrogen (secondary N) is 1. The lowest BCUT2D eigenvalue weighted by Gasteiger charge is -2.14. The van der Waals surface area contributed by atoms with Gasteiger partial charge in [0.1, 0.15) is 6.61 Å². The summed E-state index contributed by atoms with van der Waals surface area (Å²) in [5.41, 5.74) is 7.51. The van der Waals surface area contributed by atoms with E-state index in [1.54, 1.807) is 0 Å². The van der Waals surface area contributed by atoms with Crippen molar-refractivity contribution in [1.82, 2.24) is 5.32 Å². The van der Waals surface area contributed by atoms with Crippen LogP contribution in [0.15, 0.2) is 24.3 Å². The maximum Gasteiger partial charge on any atom is 0.404 e. The van der Waals surface area contributed by atoms with Crippen LogP contribution < -0.4 is 11.1 Å². The number of rotatable bonds is 8. The molecule has 1 aromatic carbocycles. The number of primary amides is 1. The normalized spacial score (nSPS) is 12.1. The maximum atomic E-state index is 10.4. The van der Waals surface area contributed by atoms with Crippen LogP contribution in [0.2, 0.25) is 0 Å². The van der Waals surface area contributed by atoms with Gasteiger partial charge in [-0.25, -0.2) is 4.79 Å². The number of unbranched alkanes of at least 4 members (excludes halogenated alkanes) is 1. The zero-order valence-electron chi connectivity index (χ0n) is 11.8. The van der Waals surface area contributed by atoms with Gasteiger partial charge in [0.15, 0.2) is 0 Å². The Morgan fingerprint density at radius 1 is 1.37 bits per heavy atom. The number of hydrogen-bond acceptors (Lipinski definition) is 3. The Bertz CT molecular complexity index is 376. The minimum absolute atomic E-state index is 0.233. The Morgan fingerprint density at radius 3 is 2.63 bits per heavy atom. The average Bonchev–Trinajstić information content (AvgIpc) is 2.41. The average molecular weight is 264 g/mol. The lowest BCUT2D eigenvalue weighted by Crippen LogP contribution is -2.25. The molecule has 0 aliphatic rings. The summed E-state index contributed by atoms with van der Waals surface area (Å²) in [7, 11) is 0. The number of aryl methyl sites for hydroxylation is 1. The van der Waals surface area contributed by atoms with Crippen molar-refractivity contribution in [3.05, 3.63) is 35.4 Å². The van der Waals surface area contributed by atoms with Crippen LogP contribution in [-0.2, 0) is 11.2 Å². The quantitative estimate of drug-likeness (QED) is 0.710. The number of nitrogens with two attached hydrogens (primary N) is 1. The molecule has 0 spiro atoms. The van der Waals surface area contributed by atoms with E-state index in [2.05, 4.69) is 48.2 Å². The van der Waals surface area contributed by atoms with Gasteiger partial charge in [-0.05, 0) is 30.9 Å². The van der Waals surface area contributed by atoms with Crippen molar-refractivity contribution in [3.8, 4) is 0 Å². The molecule has 3 N–H and O–H groups in total. The summed E-state index contributed by atoms with van der Waals surface area (Å²) < 4.78 is 4.67. The number of amides is 1. The van der Waals surface area contributed by atoms with Crippen LogP contribution in [0.5, 0.6) is 0 Å². The first kappa shape index (κ1) is 15.5. The highest BCUT2D eigenvalue weighted by Gasteiger charge is 2.04. The molecule has 4 heteroatoms. The topological polar surface area (TPSA) is 64.3 Å². The molecule has 19 heavy (non-hydrogen) atoms. The Labute approximate surface area is 115 Å². The fraction of sp³-hybridized carbons (Fsp3) is 0.533. The fourth-order valence-electron chi connectivity index (χ4n) is 1.90. The molecule has 1 atom stereocenters. The highest BCUT2D eigenvalue weighted by atomic mass is 16.5. The lowest BCUT2D eigenvalue weighted by atomic mass is 10.0. The smallest absolute Gasteiger partial charge is 0.404 e. The van der Waals surface area contributed by atoms with Gasteiger partial charge < -0.3 is 15.8 Å². The molecular weight excluding hydrogens is 240 g/mol. The Morgan fingerprint density at radius 2 is 2.05 bits per heavy atom. The van der Waals surface area contributed by atoms with Crippen LogP contribution in [0.3, 0.4) is 0 Å². The van der Waals surface area contributed by atoms with Gasteiger partial charge in [0.25, 0.3) is 0 Å². The van der Waals surface area contributed by atoms with Gasteiger partial charge in [-0.15, -0.1) is 0 Å². The van der Waals surface area contributed by atoms with Crippen LogP contribution in [-0.4, -0.2) is 19.2 Å². The first-order chi connectivity index (χ1) is 9.13. The minimum Gasteiger partial charge on any atom is -0.448 e. The van der Waals surface area contributed by atoms with Crippen molar-refractivity contribution in [3.63, 3.8) is 0 Å². The van der Waals surface area contributed by atoms with Gasteiger partial charge in [0, 0.05) is 12.6 Å². The van der Waals surface area contributed by atoms with E-state index in [9.17, 15) is 4.79 Å². The molecule has 106 valence electrons. The molecule has 0 bridgehead atoms. The fourth-order valence-corrected chi connectivity index (χ4v) is 1.90. The summed E-state index contributed by atoms with van der Waals surface area (Å²) in [4.78, 5) is 10.4. The van der Waals surface area contributed by atoms with E-state index in [1.807, 2.05) is 0 Å². The predicted octanol–water partition coefficient (Wildman–Crippen LogP) is 2.78. The van der Waals surface area contributed by atoms with Crippen LogP contribution in [0, 0.1) is 0 Å². The van der Waals surface area contributed by atoms with E-state index in [0.717, 1.165) is 6.42 Å². The molecule has 0 aromatic heterocycles. The second-order valence-corrected chi connectivity index (χ2v) is 4.69. The van der Waals surface area contributed by atoms with Crippen LogP contribution in [0.25, 0.3) is 0 Å². The zero-order valence-corrected chi connectivity index (χ0v) is 11.8. The van der Waals surface area contributed by atoms with Crippen LogP contribution >= 0.6 is 0 Å². The number of benzene rings is 1. The van der Waals surface area contributed by atoms with E-state index < -0.39 is 6.09 Å². The molecule has 0 radical (unpaired) electrons. The number of ether oxygens (including phenoxy) is 1. The van der Waals surface area contributed by atoms with Crippen molar-refractivity contribution >= 4 is 6.09 Å². The van der Waals surface area contributed by atoms with E-state index in [4.69, 9.17) is 5.73 Å². The van der Waals surface area contributed by atoms with E-state index >= 15 is 0 Å². The highest BCUT2D eigenvalue weighted by Crippen LogP contribution is 2.14. The Balaban J connectivity index is 2.35. The third-order valence-corrected chi connectivity index (χ3v) is 3.10. The van der Waals surface area contributed by atoms with E-state index in [1.165, 1.54) is 24.0 Å². The third kappa shape index (κ3) is 6.25. The van der Waals surface area contributed by atoms with E-state index in [-0.39, 0.29) is 6.04 Å². The second kappa shape index (κ2) is 8.53. The van der Waals surface area contributed by atoms with Gasteiger partial charge in [0.05, 0.1) is 0 Å². The predicted molar refractivity (Wildman–Crippen MR) is 77.0 cm³/mol. The summed E-state index contributed by atoms with van der Waals surface area (Å²) in [6, 6.07) is 8.90. The zero-order chi connectivity index (χ0) is 14.1.